The summed E-state index contributed by atoms with van der Waals surface area (Å²) < 4.78 is 26.6. The lowest BCUT2D eigenvalue weighted by molar-refractivity contribution is -0.124. The van der Waals surface area contributed by atoms with Crippen molar-refractivity contribution in [2.75, 3.05) is 6.54 Å². The third kappa shape index (κ3) is 4.03. The Bertz CT molecular complexity index is 586. The van der Waals surface area contributed by atoms with Gasteiger partial charge in [-0.1, -0.05) is 24.3 Å². The molecule has 1 fully saturated rings. The number of hydrogen-bond donors (Lipinski definition) is 3. The first-order chi connectivity index (χ1) is 9.50. The van der Waals surface area contributed by atoms with Crippen LogP contribution in [0.2, 0.25) is 0 Å². The van der Waals surface area contributed by atoms with Crippen LogP contribution in [-0.2, 0) is 27.1 Å². The number of rotatable bonds is 5. The highest BCUT2D eigenvalue weighted by Gasteiger charge is 2.26. The summed E-state index contributed by atoms with van der Waals surface area (Å²) in [5, 5.41) is 2.65. The summed E-state index contributed by atoms with van der Waals surface area (Å²) in [6, 6.07) is 6.46. The van der Waals surface area contributed by atoms with E-state index in [-0.39, 0.29) is 11.7 Å². The van der Waals surface area contributed by atoms with E-state index in [2.05, 4.69) is 10.0 Å². The van der Waals surface area contributed by atoms with E-state index < -0.39 is 16.1 Å². The van der Waals surface area contributed by atoms with Gasteiger partial charge in [-0.15, -0.1) is 0 Å². The van der Waals surface area contributed by atoms with Gasteiger partial charge in [0.05, 0.1) is 5.75 Å². The average molecular weight is 297 g/mol. The van der Waals surface area contributed by atoms with Crippen LogP contribution in [0.1, 0.15) is 24.0 Å². The van der Waals surface area contributed by atoms with Gasteiger partial charge in [-0.05, 0) is 24.0 Å². The van der Waals surface area contributed by atoms with Crippen molar-refractivity contribution in [2.24, 2.45) is 5.73 Å². The summed E-state index contributed by atoms with van der Waals surface area (Å²) in [7, 11) is -3.54. The van der Waals surface area contributed by atoms with Gasteiger partial charge in [0.2, 0.25) is 15.9 Å². The molecule has 4 N–H and O–H groups in total. The van der Waals surface area contributed by atoms with E-state index in [1.807, 2.05) is 6.07 Å². The second-order valence-corrected chi connectivity index (χ2v) is 6.64. The van der Waals surface area contributed by atoms with E-state index in [1.165, 1.54) is 0 Å². The smallest absolute Gasteiger partial charge is 0.238 e. The van der Waals surface area contributed by atoms with Crippen LogP contribution in [0.3, 0.4) is 0 Å². The van der Waals surface area contributed by atoms with E-state index in [4.69, 9.17) is 5.73 Å². The van der Waals surface area contributed by atoms with Gasteiger partial charge in [-0.3, -0.25) is 4.79 Å². The molecule has 1 heterocycles. The molecule has 7 heteroatoms. The van der Waals surface area contributed by atoms with Crippen molar-refractivity contribution in [3.05, 3.63) is 35.4 Å². The molecular weight excluding hydrogens is 278 g/mol. The van der Waals surface area contributed by atoms with Crippen LogP contribution in [0.25, 0.3) is 0 Å². The summed E-state index contributed by atoms with van der Waals surface area (Å²) in [6.07, 6.45) is 1.31. The molecule has 1 amide bonds. The number of piperidine rings is 1. The highest BCUT2D eigenvalue weighted by atomic mass is 32.2. The van der Waals surface area contributed by atoms with Crippen molar-refractivity contribution in [3.63, 3.8) is 0 Å². The van der Waals surface area contributed by atoms with Crippen LogP contribution in [0.15, 0.2) is 24.3 Å². The fourth-order valence-corrected chi connectivity index (χ4v) is 3.57. The van der Waals surface area contributed by atoms with Crippen LogP contribution < -0.4 is 15.8 Å². The van der Waals surface area contributed by atoms with Gasteiger partial charge in [-0.25, -0.2) is 13.1 Å². The van der Waals surface area contributed by atoms with Gasteiger partial charge >= 0.3 is 0 Å². The normalized spacial score (nSPS) is 19.6. The van der Waals surface area contributed by atoms with Crippen LogP contribution in [0.5, 0.6) is 0 Å². The molecule has 1 atom stereocenters. The van der Waals surface area contributed by atoms with Gasteiger partial charge in [-0.2, -0.15) is 0 Å². The summed E-state index contributed by atoms with van der Waals surface area (Å²) in [5.41, 5.74) is 7.08. The van der Waals surface area contributed by atoms with Crippen LogP contribution >= 0.6 is 0 Å². The summed E-state index contributed by atoms with van der Waals surface area (Å²) in [4.78, 5) is 11.6. The maximum Gasteiger partial charge on any atom is 0.238 e. The summed E-state index contributed by atoms with van der Waals surface area (Å²) in [5.74, 6) is -0.402. The SMILES string of the molecule is NCc1cccc(CS(=O)(=O)NC2CCCNC2=O)c1. The molecule has 0 aliphatic carbocycles. The van der Waals surface area contributed by atoms with Crippen LogP contribution in [-0.4, -0.2) is 26.9 Å². The van der Waals surface area contributed by atoms with E-state index in [9.17, 15) is 13.2 Å². The number of carbonyl (C=O) groups is 1. The molecule has 6 nitrogen and oxygen atoms in total. The first-order valence-electron chi connectivity index (χ1n) is 6.56. The molecule has 0 bridgehead atoms. The third-order valence-electron chi connectivity index (χ3n) is 3.19. The quantitative estimate of drug-likeness (QED) is 0.703. The monoisotopic (exact) mass is 297 g/mol. The second-order valence-electron chi connectivity index (χ2n) is 4.89. The Balaban J connectivity index is 2.04. The first-order valence-corrected chi connectivity index (χ1v) is 8.21. The molecule has 1 saturated heterocycles. The topological polar surface area (TPSA) is 101 Å². The molecule has 0 aromatic heterocycles. The molecule has 2 rings (SSSR count). The maximum absolute atomic E-state index is 12.1. The summed E-state index contributed by atoms with van der Waals surface area (Å²) in [6.45, 7) is 0.974. The van der Waals surface area contributed by atoms with E-state index in [0.29, 0.717) is 25.1 Å². The zero-order valence-corrected chi connectivity index (χ0v) is 11.9. The molecule has 0 radical (unpaired) electrons. The molecule has 1 aliphatic heterocycles. The number of amides is 1. The highest BCUT2D eigenvalue weighted by molar-refractivity contribution is 7.88. The molecule has 1 aromatic rings. The number of sulfonamides is 1. The predicted molar refractivity (Wildman–Crippen MR) is 76.1 cm³/mol. The number of carbonyl (C=O) groups excluding carboxylic acids is 1. The van der Waals surface area contributed by atoms with Gasteiger partial charge in [0.25, 0.3) is 0 Å². The molecule has 20 heavy (non-hydrogen) atoms. The maximum atomic E-state index is 12.1. The second kappa shape index (κ2) is 6.34. The van der Waals surface area contributed by atoms with Crippen molar-refractivity contribution in [1.82, 2.24) is 10.0 Å². The lowest BCUT2D eigenvalue weighted by Gasteiger charge is -2.22. The van der Waals surface area contributed by atoms with Crippen LogP contribution in [0.4, 0.5) is 0 Å². The number of nitrogens with two attached hydrogens (primary N) is 1. The Morgan fingerprint density at radius 1 is 1.35 bits per heavy atom. The Kier molecular flexibility index (Phi) is 4.74. The van der Waals surface area contributed by atoms with Crippen molar-refractivity contribution in [3.8, 4) is 0 Å². The third-order valence-corrected chi connectivity index (χ3v) is 4.55. The average Bonchev–Trinajstić information content (AvgIpc) is 2.41. The Hall–Kier alpha value is -1.44. The molecular formula is C13H19N3O3S. The van der Waals surface area contributed by atoms with Crippen molar-refractivity contribution < 1.29 is 13.2 Å². The minimum absolute atomic E-state index is 0.148. The number of nitrogens with one attached hydrogen (secondary N) is 2. The van der Waals surface area contributed by atoms with Crippen molar-refractivity contribution >= 4 is 15.9 Å². The zero-order valence-electron chi connectivity index (χ0n) is 11.1. The van der Waals surface area contributed by atoms with Gasteiger partial charge in [0.15, 0.2) is 0 Å². The molecule has 110 valence electrons. The van der Waals surface area contributed by atoms with Gasteiger partial charge < -0.3 is 11.1 Å². The van der Waals surface area contributed by atoms with Gasteiger partial charge in [0, 0.05) is 13.1 Å². The first kappa shape index (κ1) is 15.0. The minimum atomic E-state index is -3.54. The highest BCUT2D eigenvalue weighted by Crippen LogP contribution is 2.11. The minimum Gasteiger partial charge on any atom is -0.355 e. The molecule has 0 spiro atoms. The summed E-state index contributed by atoms with van der Waals surface area (Å²) >= 11 is 0. The molecule has 0 saturated carbocycles. The lowest BCUT2D eigenvalue weighted by atomic mass is 10.1. The molecule has 1 aromatic carbocycles. The lowest BCUT2D eigenvalue weighted by Crippen LogP contribution is -2.50. The van der Waals surface area contributed by atoms with E-state index in [1.54, 1.807) is 18.2 Å². The number of hydrogen-bond acceptors (Lipinski definition) is 4. The predicted octanol–water partition coefficient (Wildman–Crippen LogP) is -0.157. The van der Waals surface area contributed by atoms with Crippen molar-refractivity contribution in [2.45, 2.75) is 31.2 Å². The Labute approximate surface area is 118 Å². The van der Waals surface area contributed by atoms with E-state index in [0.717, 1.165) is 12.0 Å². The van der Waals surface area contributed by atoms with E-state index >= 15 is 0 Å². The standard InChI is InChI=1S/C13H19N3O3S/c14-8-10-3-1-4-11(7-10)9-20(18,19)16-12-5-2-6-15-13(12)17/h1,3-4,7,12,16H,2,5-6,8-9,14H2,(H,15,17). The number of benzene rings is 1. The largest absolute Gasteiger partial charge is 0.355 e. The zero-order chi connectivity index (χ0) is 14.6. The Morgan fingerprint density at radius 3 is 2.80 bits per heavy atom. The van der Waals surface area contributed by atoms with Crippen molar-refractivity contribution in [1.29, 1.82) is 0 Å². The fourth-order valence-electron chi connectivity index (χ4n) is 2.21. The fraction of sp³-hybridized carbons (Fsp3) is 0.462. The molecule has 1 aliphatic rings. The van der Waals surface area contributed by atoms with Gasteiger partial charge in [0.1, 0.15) is 6.04 Å². The van der Waals surface area contributed by atoms with Crippen LogP contribution in [0, 0.1) is 0 Å². The Morgan fingerprint density at radius 2 is 2.10 bits per heavy atom. The molecule has 1 unspecified atom stereocenters.